The predicted molar refractivity (Wildman–Crippen MR) is 71.2 cm³/mol. The molecule has 3 rings (SSSR count). The fourth-order valence-electron chi connectivity index (χ4n) is 3.15. The molecule has 2 heterocycles. The van der Waals surface area contributed by atoms with E-state index in [1.165, 1.54) is 0 Å². The Kier molecular flexibility index (Phi) is 2.63. The van der Waals surface area contributed by atoms with Gasteiger partial charge in [-0.05, 0) is 44.2 Å². The molecule has 1 amide bonds. The highest BCUT2D eigenvalue weighted by atomic mass is 35.5. The summed E-state index contributed by atoms with van der Waals surface area (Å²) in [5.74, 6) is 0.0366. The first-order valence-electron chi connectivity index (χ1n) is 6.39. The highest BCUT2D eigenvalue weighted by Gasteiger charge is 2.54. The molecular formula is C13H16ClN3O2. The van der Waals surface area contributed by atoms with Gasteiger partial charge < -0.3 is 10.0 Å². The van der Waals surface area contributed by atoms with Crippen LogP contribution in [0.3, 0.4) is 0 Å². The number of nitrogens with zero attached hydrogens (tertiary/aromatic N) is 3. The van der Waals surface area contributed by atoms with E-state index in [1.807, 2.05) is 6.92 Å². The minimum absolute atomic E-state index is 0.0366. The van der Waals surface area contributed by atoms with Gasteiger partial charge in [-0.2, -0.15) is 0 Å². The molecule has 19 heavy (non-hydrogen) atoms. The lowest BCUT2D eigenvalue weighted by Gasteiger charge is -2.38. The zero-order valence-corrected chi connectivity index (χ0v) is 11.7. The summed E-state index contributed by atoms with van der Waals surface area (Å²) in [7, 11) is 1.74. The minimum atomic E-state index is -0.691. The van der Waals surface area contributed by atoms with Crippen LogP contribution in [0.5, 0.6) is 0 Å². The van der Waals surface area contributed by atoms with Crippen molar-refractivity contribution < 1.29 is 9.90 Å². The molecule has 1 N–H and O–H groups in total. The number of hydrogen-bond donors (Lipinski definition) is 1. The van der Waals surface area contributed by atoms with Crippen molar-refractivity contribution in [1.82, 2.24) is 9.97 Å². The first-order chi connectivity index (χ1) is 8.86. The largest absolute Gasteiger partial charge is 0.390 e. The van der Waals surface area contributed by atoms with Gasteiger partial charge in [0.05, 0.1) is 28.6 Å². The van der Waals surface area contributed by atoms with Crippen LogP contribution in [0.15, 0.2) is 6.20 Å². The number of hydrogen-bond acceptors (Lipinski definition) is 4. The summed E-state index contributed by atoms with van der Waals surface area (Å²) >= 11 is 5.88. The SMILES string of the molecule is CN1C(=O)C2(CCC(C)(O)CC2)c2nc(Cl)ncc21. The maximum Gasteiger partial charge on any atom is 0.239 e. The lowest BCUT2D eigenvalue weighted by Crippen LogP contribution is -2.45. The number of fused-ring (bicyclic) bond motifs is 2. The molecule has 102 valence electrons. The molecule has 1 fully saturated rings. The van der Waals surface area contributed by atoms with Gasteiger partial charge in [-0.3, -0.25) is 4.79 Å². The molecule has 1 aromatic heterocycles. The van der Waals surface area contributed by atoms with Crippen LogP contribution in [0.25, 0.3) is 0 Å². The molecule has 0 bridgehead atoms. The van der Waals surface area contributed by atoms with Crippen LogP contribution in [-0.4, -0.2) is 33.6 Å². The predicted octanol–water partition coefficient (Wildman–Crippen LogP) is 1.67. The highest BCUT2D eigenvalue weighted by Crippen LogP contribution is 2.50. The molecule has 0 radical (unpaired) electrons. The number of amides is 1. The second kappa shape index (κ2) is 3.90. The van der Waals surface area contributed by atoms with Crippen LogP contribution in [0.1, 0.15) is 38.3 Å². The van der Waals surface area contributed by atoms with Gasteiger partial charge in [0.1, 0.15) is 0 Å². The summed E-state index contributed by atoms with van der Waals surface area (Å²) in [5.41, 5.74) is 0.134. The quantitative estimate of drug-likeness (QED) is 0.735. The Morgan fingerprint density at radius 3 is 2.63 bits per heavy atom. The third kappa shape index (κ3) is 1.75. The fourth-order valence-corrected chi connectivity index (χ4v) is 3.28. The van der Waals surface area contributed by atoms with Crippen molar-refractivity contribution >= 4 is 23.2 Å². The summed E-state index contributed by atoms with van der Waals surface area (Å²) in [5, 5.41) is 10.3. The van der Waals surface area contributed by atoms with Gasteiger partial charge in [0, 0.05) is 7.05 Å². The monoisotopic (exact) mass is 281 g/mol. The third-order valence-electron chi connectivity index (χ3n) is 4.45. The summed E-state index contributed by atoms with van der Waals surface area (Å²) in [4.78, 5) is 22.4. The molecular weight excluding hydrogens is 266 g/mol. The normalized spacial score (nSPS) is 33.9. The summed E-state index contributed by atoms with van der Waals surface area (Å²) in [6, 6.07) is 0. The molecule has 2 aliphatic rings. The Bertz CT molecular complexity index is 549. The van der Waals surface area contributed by atoms with Crippen LogP contribution in [0.4, 0.5) is 5.69 Å². The highest BCUT2D eigenvalue weighted by molar-refractivity contribution is 6.28. The van der Waals surface area contributed by atoms with E-state index in [-0.39, 0.29) is 11.2 Å². The molecule has 0 unspecified atom stereocenters. The Morgan fingerprint density at radius 2 is 2.00 bits per heavy atom. The number of halogens is 1. The average Bonchev–Trinajstić information content (AvgIpc) is 2.56. The second-order valence-electron chi connectivity index (χ2n) is 5.82. The number of aliphatic hydroxyl groups is 1. The van der Waals surface area contributed by atoms with E-state index < -0.39 is 11.0 Å². The molecule has 6 heteroatoms. The number of rotatable bonds is 0. The van der Waals surface area contributed by atoms with Crippen molar-refractivity contribution in [2.24, 2.45) is 0 Å². The number of anilines is 1. The lowest BCUT2D eigenvalue weighted by atomic mass is 9.68. The standard InChI is InChI=1S/C13H16ClN3O2/c1-12(19)3-5-13(6-4-12)9-8(17(2)10(13)18)7-15-11(14)16-9/h7,19H,3-6H2,1-2H3. The van der Waals surface area contributed by atoms with Crippen LogP contribution in [-0.2, 0) is 10.2 Å². The molecule has 0 aromatic carbocycles. The Morgan fingerprint density at radius 1 is 1.37 bits per heavy atom. The Hall–Kier alpha value is -1.20. The van der Waals surface area contributed by atoms with Crippen molar-refractivity contribution in [3.8, 4) is 0 Å². The van der Waals surface area contributed by atoms with Gasteiger partial charge in [-0.15, -0.1) is 0 Å². The molecule has 1 aliphatic carbocycles. The van der Waals surface area contributed by atoms with E-state index in [2.05, 4.69) is 9.97 Å². The number of carbonyl (C=O) groups is 1. The van der Waals surface area contributed by atoms with E-state index in [0.29, 0.717) is 25.7 Å². The van der Waals surface area contributed by atoms with Gasteiger partial charge in [0.2, 0.25) is 11.2 Å². The first-order valence-corrected chi connectivity index (χ1v) is 6.77. The molecule has 0 atom stereocenters. The van der Waals surface area contributed by atoms with Gasteiger partial charge in [0.15, 0.2) is 0 Å². The molecule has 1 aliphatic heterocycles. The number of likely N-dealkylation sites (N-methyl/N-ethyl adjacent to an activating group) is 1. The summed E-state index contributed by atoms with van der Waals surface area (Å²) < 4.78 is 0. The van der Waals surface area contributed by atoms with E-state index in [0.717, 1.165) is 11.4 Å². The van der Waals surface area contributed by atoms with Crippen molar-refractivity contribution in [1.29, 1.82) is 0 Å². The average molecular weight is 282 g/mol. The maximum absolute atomic E-state index is 12.6. The van der Waals surface area contributed by atoms with E-state index in [1.54, 1.807) is 18.1 Å². The summed E-state index contributed by atoms with van der Waals surface area (Å²) in [6.45, 7) is 1.82. The zero-order chi connectivity index (χ0) is 13.8. The van der Waals surface area contributed by atoms with Gasteiger partial charge in [0.25, 0.3) is 0 Å². The fraction of sp³-hybridized carbons (Fsp3) is 0.615. The zero-order valence-electron chi connectivity index (χ0n) is 11.0. The van der Waals surface area contributed by atoms with E-state index >= 15 is 0 Å². The minimum Gasteiger partial charge on any atom is -0.390 e. The van der Waals surface area contributed by atoms with Gasteiger partial charge >= 0.3 is 0 Å². The lowest BCUT2D eigenvalue weighted by molar-refractivity contribution is -0.126. The molecule has 0 saturated heterocycles. The van der Waals surface area contributed by atoms with Gasteiger partial charge in [-0.1, -0.05) is 0 Å². The maximum atomic E-state index is 12.6. The van der Waals surface area contributed by atoms with Crippen LogP contribution in [0, 0.1) is 0 Å². The topological polar surface area (TPSA) is 66.3 Å². The Labute approximate surface area is 116 Å². The number of carbonyl (C=O) groups excluding carboxylic acids is 1. The van der Waals surface area contributed by atoms with Gasteiger partial charge in [-0.25, -0.2) is 9.97 Å². The van der Waals surface area contributed by atoms with Crippen molar-refractivity contribution in [2.45, 2.75) is 43.6 Å². The first kappa shape index (κ1) is 12.8. The van der Waals surface area contributed by atoms with E-state index in [9.17, 15) is 9.90 Å². The van der Waals surface area contributed by atoms with Crippen molar-refractivity contribution in [2.75, 3.05) is 11.9 Å². The summed E-state index contributed by atoms with van der Waals surface area (Å²) in [6.07, 6.45) is 3.98. The molecule has 5 nitrogen and oxygen atoms in total. The molecule has 1 aromatic rings. The third-order valence-corrected chi connectivity index (χ3v) is 4.63. The molecule has 1 saturated carbocycles. The van der Waals surface area contributed by atoms with Crippen LogP contribution in [0.2, 0.25) is 5.28 Å². The van der Waals surface area contributed by atoms with Crippen LogP contribution >= 0.6 is 11.6 Å². The van der Waals surface area contributed by atoms with E-state index in [4.69, 9.17) is 11.6 Å². The molecule has 1 spiro atoms. The van der Waals surface area contributed by atoms with Crippen LogP contribution < -0.4 is 4.90 Å². The number of aromatic nitrogens is 2. The second-order valence-corrected chi connectivity index (χ2v) is 6.15. The smallest absolute Gasteiger partial charge is 0.239 e. The van der Waals surface area contributed by atoms with Crippen molar-refractivity contribution in [3.05, 3.63) is 17.2 Å². The Balaban J connectivity index is 2.08. The van der Waals surface area contributed by atoms with Crippen molar-refractivity contribution in [3.63, 3.8) is 0 Å².